The topological polar surface area (TPSA) is 54.4 Å². The lowest BCUT2D eigenvalue weighted by atomic mass is 9.93. The maximum absolute atomic E-state index is 11.2. The van der Waals surface area contributed by atoms with Crippen molar-refractivity contribution < 1.29 is 13.0 Å². The monoisotopic (exact) mass is 282 g/mol. The van der Waals surface area contributed by atoms with Gasteiger partial charge in [0.2, 0.25) is 0 Å². The lowest BCUT2D eigenvalue weighted by Crippen LogP contribution is -2.01. The van der Waals surface area contributed by atoms with E-state index in [0.29, 0.717) is 0 Å². The molecule has 3 rings (SSSR count). The van der Waals surface area contributed by atoms with Gasteiger partial charge >= 0.3 is 0 Å². The van der Waals surface area contributed by atoms with Crippen molar-refractivity contribution in [1.29, 1.82) is 0 Å². The molecule has 5 heteroatoms. The highest BCUT2D eigenvalue weighted by Crippen LogP contribution is 2.30. The first kappa shape index (κ1) is 13.1. The standard InChI is InChI=1S/C13H10O3S.ClH/c14-17(15,16)12-7-10-5-1-3-9-4-2-6-11(8-12)13(9)10;/h1-3,5-8H,4H2,(H,14,15,16);1H. The molecule has 3 nitrogen and oxygen atoms in total. The smallest absolute Gasteiger partial charge is 0.282 e. The van der Waals surface area contributed by atoms with Crippen molar-refractivity contribution in [3.8, 4) is 0 Å². The SMILES string of the molecule is Cl.O=S(=O)(O)c1cc2c3c(cccc3c1)CC=C2. The molecule has 0 saturated heterocycles. The number of benzene rings is 2. The third kappa shape index (κ3) is 2.03. The van der Waals surface area contributed by atoms with Gasteiger partial charge in [0.1, 0.15) is 0 Å². The van der Waals surface area contributed by atoms with Crippen LogP contribution >= 0.6 is 12.4 Å². The number of hydrogen-bond acceptors (Lipinski definition) is 2. The van der Waals surface area contributed by atoms with Gasteiger partial charge in [0.15, 0.2) is 0 Å². The minimum Gasteiger partial charge on any atom is -0.282 e. The average Bonchev–Trinajstić information content (AvgIpc) is 2.28. The Balaban J connectivity index is 0.00000120. The summed E-state index contributed by atoms with van der Waals surface area (Å²) in [5.41, 5.74) is 2.03. The predicted octanol–water partition coefficient (Wildman–Crippen LogP) is 3.08. The Labute approximate surface area is 111 Å². The fourth-order valence-electron chi connectivity index (χ4n) is 2.28. The Morgan fingerprint density at radius 2 is 1.94 bits per heavy atom. The quantitative estimate of drug-likeness (QED) is 0.818. The van der Waals surface area contributed by atoms with E-state index in [2.05, 4.69) is 0 Å². The molecular formula is C13H11ClO3S. The Morgan fingerprint density at radius 3 is 2.67 bits per heavy atom. The van der Waals surface area contributed by atoms with Crippen LogP contribution in [0.2, 0.25) is 0 Å². The highest BCUT2D eigenvalue weighted by molar-refractivity contribution is 7.85. The van der Waals surface area contributed by atoms with Gasteiger partial charge in [0.25, 0.3) is 10.1 Å². The highest BCUT2D eigenvalue weighted by Gasteiger charge is 2.15. The van der Waals surface area contributed by atoms with Crippen molar-refractivity contribution in [1.82, 2.24) is 0 Å². The van der Waals surface area contributed by atoms with Crippen molar-refractivity contribution in [2.24, 2.45) is 0 Å². The molecule has 0 unspecified atom stereocenters. The molecule has 0 amide bonds. The van der Waals surface area contributed by atoms with E-state index in [1.807, 2.05) is 30.4 Å². The van der Waals surface area contributed by atoms with E-state index in [9.17, 15) is 8.42 Å². The van der Waals surface area contributed by atoms with Crippen LogP contribution in [-0.4, -0.2) is 13.0 Å². The van der Waals surface area contributed by atoms with E-state index < -0.39 is 10.1 Å². The maximum Gasteiger partial charge on any atom is 0.294 e. The fraction of sp³-hybridized carbons (Fsp3) is 0.0769. The molecular weight excluding hydrogens is 272 g/mol. The maximum atomic E-state index is 11.2. The summed E-state index contributed by atoms with van der Waals surface area (Å²) in [7, 11) is -4.15. The van der Waals surface area contributed by atoms with Gasteiger partial charge in [-0.05, 0) is 40.5 Å². The molecule has 0 radical (unpaired) electrons. The van der Waals surface area contributed by atoms with Crippen LogP contribution in [0.3, 0.4) is 0 Å². The molecule has 2 aromatic carbocycles. The third-order valence-electron chi connectivity index (χ3n) is 3.00. The summed E-state index contributed by atoms with van der Waals surface area (Å²) in [6, 6.07) is 8.81. The number of hydrogen-bond donors (Lipinski definition) is 1. The molecule has 0 aliphatic heterocycles. The molecule has 0 atom stereocenters. The summed E-state index contributed by atoms with van der Waals surface area (Å²) in [4.78, 5) is -0.0521. The highest BCUT2D eigenvalue weighted by atomic mass is 35.5. The van der Waals surface area contributed by atoms with Crippen LogP contribution in [0, 0.1) is 0 Å². The Bertz CT molecular complexity index is 748. The van der Waals surface area contributed by atoms with Gasteiger partial charge in [0.05, 0.1) is 4.90 Å². The fourth-order valence-corrected chi connectivity index (χ4v) is 2.83. The lowest BCUT2D eigenvalue weighted by Gasteiger charge is -2.13. The van der Waals surface area contributed by atoms with Crippen LogP contribution < -0.4 is 0 Å². The number of rotatable bonds is 1. The van der Waals surface area contributed by atoms with Crippen LogP contribution in [0.5, 0.6) is 0 Å². The molecule has 0 saturated carbocycles. The molecule has 94 valence electrons. The second-order valence-corrected chi connectivity index (χ2v) is 5.53. The minimum atomic E-state index is -4.15. The van der Waals surface area contributed by atoms with Crippen molar-refractivity contribution >= 4 is 39.4 Å². The first-order valence-electron chi connectivity index (χ1n) is 5.25. The van der Waals surface area contributed by atoms with E-state index in [4.69, 9.17) is 4.55 Å². The zero-order valence-corrected chi connectivity index (χ0v) is 11.0. The molecule has 18 heavy (non-hydrogen) atoms. The van der Waals surface area contributed by atoms with Gasteiger partial charge < -0.3 is 0 Å². The van der Waals surface area contributed by atoms with Crippen LogP contribution in [0.25, 0.3) is 16.8 Å². The zero-order chi connectivity index (χ0) is 12.0. The van der Waals surface area contributed by atoms with Crippen molar-refractivity contribution in [3.05, 3.63) is 47.5 Å². The molecule has 1 N–H and O–H groups in total. The first-order chi connectivity index (χ1) is 8.05. The van der Waals surface area contributed by atoms with Crippen LogP contribution in [-0.2, 0) is 16.5 Å². The summed E-state index contributed by atoms with van der Waals surface area (Å²) in [5, 5.41) is 1.92. The number of halogens is 1. The molecule has 1 aliphatic carbocycles. The summed E-state index contributed by atoms with van der Waals surface area (Å²) in [6.45, 7) is 0. The summed E-state index contributed by atoms with van der Waals surface area (Å²) in [6.07, 6.45) is 4.74. The van der Waals surface area contributed by atoms with Gasteiger partial charge in [-0.15, -0.1) is 12.4 Å². The third-order valence-corrected chi connectivity index (χ3v) is 3.83. The predicted molar refractivity (Wildman–Crippen MR) is 73.7 cm³/mol. The molecule has 0 fully saturated rings. The van der Waals surface area contributed by atoms with E-state index in [-0.39, 0.29) is 17.3 Å². The Hall–Kier alpha value is -1.36. The second-order valence-electron chi connectivity index (χ2n) is 4.11. The summed E-state index contributed by atoms with van der Waals surface area (Å²) in [5.74, 6) is 0. The second kappa shape index (κ2) is 4.39. The van der Waals surface area contributed by atoms with Crippen LogP contribution in [0.1, 0.15) is 11.1 Å². The van der Waals surface area contributed by atoms with E-state index in [0.717, 1.165) is 22.8 Å². The molecule has 0 heterocycles. The van der Waals surface area contributed by atoms with E-state index >= 15 is 0 Å². The van der Waals surface area contributed by atoms with Gasteiger partial charge in [-0.1, -0.05) is 30.4 Å². The van der Waals surface area contributed by atoms with E-state index in [1.165, 1.54) is 17.7 Å². The van der Waals surface area contributed by atoms with Crippen molar-refractivity contribution in [3.63, 3.8) is 0 Å². The molecule has 2 aromatic rings. The van der Waals surface area contributed by atoms with Crippen molar-refractivity contribution in [2.45, 2.75) is 11.3 Å². The van der Waals surface area contributed by atoms with Crippen molar-refractivity contribution in [2.75, 3.05) is 0 Å². The zero-order valence-electron chi connectivity index (χ0n) is 9.33. The average molecular weight is 283 g/mol. The molecule has 0 aromatic heterocycles. The van der Waals surface area contributed by atoms with Crippen LogP contribution in [0.15, 0.2) is 41.3 Å². The summed E-state index contributed by atoms with van der Waals surface area (Å²) < 4.78 is 31.5. The van der Waals surface area contributed by atoms with E-state index in [1.54, 1.807) is 0 Å². The molecule has 1 aliphatic rings. The molecule has 0 spiro atoms. The first-order valence-corrected chi connectivity index (χ1v) is 6.69. The lowest BCUT2D eigenvalue weighted by molar-refractivity contribution is 0.483. The van der Waals surface area contributed by atoms with Gasteiger partial charge in [-0.2, -0.15) is 8.42 Å². The molecule has 0 bridgehead atoms. The minimum absolute atomic E-state index is 0. The largest absolute Gasteiger partial charge is 0.294 e. The van der Waals surface area contributed by atoms with Gasteiger partial charge in [-0.3, -0.25) is 4.55 Å². The Morgan fingerprint density at radius 1 is 1.17 bits per heavy atom. The van der Waals surface area contributed by atoms with Gasteiger partial charge in [0, 0.05) is 0 Å². The Kier molecular flexibility index (Phi) is 3.19. The summed E-state index contributed by atoms with van der Waals surface area (Å²) >= 11 is 0. The van der Waals surface area contributed by atoms with Crippen LogP contribution in [0.4, 0.5) is 0 Å². The normalized spacial score (nSPS) is 13.4. The number of allylic oxidation sites excluding steroid dienone is 1. The van der Waals surface area contributed by atoms with Gasteiger partial charge in [-0.25, -0.2) is 0 Å².